The van der Waals surface area contributed by atoms with Gasteiger partial charge in [-0.05, 0) is 54.1 Å². The summed E-state index contributed by atoms with van der Waals surface area (Å²) >= 11 is 4.85. The molecule has 0 spiro atoms. The van der Waals surface area contributed by atoms with E-state index in [2.05, 4.69) is 54.1 Å². The maximum atomic E-state index is 12.5. The lowest BCUT2D eigenvalue weighted by molar-refractivity contribution is -0.114. The zero-order valence-corrected chi connectivity index (χ0v) is 22.0. The number of amides is 2. The highest BCUT2D eigenvalue weighted by molar-refractivity contribution is 9.10. The van der Waals surface area contributed by atoms with E-state index in [9.17, 15) is 9.59 Å². The Balaban J connectivity index is 1.36. The van der Waals surface area contributed by atoms with Gasteiger partial charge in [-0.25, -0.2) is 0 Å². The first-order chi connectivity index (χ1) is 17.5. The van der Waals surface area contributed by atoms with Gasteiger partial charge in [0.2, 0.25) is 11.8 Å². The molecule has 186 valence electrons. The largest absolute Gasteiger partial charge is 0.486 e. The average Bonchev–Trinajstić information content (AvgIpc) is 3.25. The second-order valence-corrected chi connectivity index (χ2v) is 9.97. The van der Waals surface area contributed by atoms with Gasteiger partial charge in [0.15, 0.2) is 11.3 Å². The van der Waals surface area contributed by atoms with Gasteiger partial charge in [0, 0.05) is 29.3 Å². The third-order valence-electron chi connectivity index (χ3n) is 5.16. The molecule has 0 aliphatic carbocycles. The van der Waals surface area contributed by atoms with Gasteiger partial charge >= 0.3 is 0 Å². The molecule has 0 saturated heterocycles. The third-order valence-corrected chi connectivity index (χ3v) is 6.79. The minimum absolute atomic E-state index is 0.0901. The van der Waals surface area contributed by atoms with Gasteiger partial charge < -0.3 is 20.3 Å². The number of thioether (sulfide) groups is 1. The second-order valence-electron chi connectivity index (χ2n) is 7.98. The molecule has 1 aliphatic rings. The van der Waals surface area contributed by atoms with Crippen LogP contribution >= 0.6 is 27.7 Å². The molecule has 4 rings (SSSR count). The molecule has 0 bridgehead atoms. The average molecular weight is 568 g/mol. The molecular formula is C26H26BrN5O3S. The fourth-order valence-electron chi connectivity index (χ4n) is 3.47. The number of ether oxygens (including phenoxy) is 1. The highest BCUT2D eigenvalue weighted by atomic mass is 79.9. The van der Waals surface area contributed by atoms with Crippen molar-refractivity contribution in [3.8, 4) is 5.75 Å². The molecule has 8 nitrogen and oxygen atoms in total. The topological polar surface area (TPSA) is 95.1 Å². The molecule has 36 heavy (non-hydrogen) atoms. The van der Waals surface area contributed by atoms with Crippen LogP contribution in [-0.4, -0.2) is 40.4 Å². The second kappa shape index (κ2) is 12.5. The first-order valence-electron chi connectivity index (χ1n) is 11.3. The number of nitrogens with zero attached hydrogens (tertiary/aromatic N) is 2. The van der Waals surface area contributed by atoms with Crippen LogP contribution in [0, 0.1) is 0 Å². The Labute approximate surface area is 222 Å². The van der Waals surface area contributed by atoms with E-state index in [-0.39, 0.29) is 29.7 Å². The predicted octanol–water partition coefficient (Wildman–Crippen LogP) is 4.86. The van der Waals surface area contributed by atoms with Gasteiger partial charge in [-0.2, -0.15) is 5.10 Å². The predicted molar refractivity (Wildman–Crippen MR) is 148 cm³/mol. The lowest BCUT2D eigenvalue weighted by Crippen LogP contribution is -2.40. The number of nitrogens with one attached hydrogen (secondary N) is 3. The van der Waals surface area contributed by atoms with Gasteiger partial charge in [-0.3, -0.25) is 15.0 Å². The van der Waals surface area contributed by atoms with E-state index in [1.807, 2.05) is 42.5 Å². The first-order valence-corrected chi connectivity index (χ1v) is 13.1. The van der Waals surface area contributed by atoms with Gasteiger partial charge in [0.1, 0.15) is 12.4 Å². The van der Waals surface area contributed by atoms with Gasteiger partial charge in [-0.1, -0.05) is 46.3 Å². The summed E-state index contributed by atoms with van der Waals surface area (Å²) in [6.45, 7) is 2.33. The number of rotatable bonds is 10. The smallest absolute Gasteiger partial charge is 0.234 e. The van der Waals surface area contributed by atoms with E-state index in [1.54, 1.807) is 24.3 Å². The molecular weight excluding hydrogens is 542 g/mol. The molecule has 0 radical (unpaired) electrons. The van der Waals surface area contributed by atoms with Gasteiger partial charge in [0.05, 0.1) is 5.75 Å². The van der Waals surface area contributed by atoms with Crippen molar-refractivity contribution < 1.29 is 14.3 Å². The Kier molecular flexibility index (Phi) is 8.85. The van der Waals surface area contributed by atoms with Crippen LogP contribution < -0.4 is 20.8 Å². The van der Waals surface area contributed by atoms with Crippen molar-refractivity contribution in [2.75, 3.05) is 23.0 Å². The summed E-state index contributed by atoms with van der Waals surface area (Å²) in [5.74, 6) is 1.44. The summed E-state index contributed by atoms with van der Waals surface area (Å²) < 4.78 is 6.92. The summed E-state index contributed by atoms with van der Waals surface area (Å²) in [4.78, 5) is 25.8. The van der Waals surface area contributed by atoms with Crippen LogP contribution in [0.4, 0.5) is 11.4 Å². The molecule has 1 atom stereocenters. The maximum Gasteiger partial charge on any atom is 0.234 e. The van der Waals surface area contributed by atoms with Crippen molar-refractivity contribution in [3.63, 3.8) is 0 Å². The molecule has 1 heterocycles. The number of amidine groups is 1. The van der Waals surface area contributed by atoms with E-state index < -0.39 is 0 Å². The van der Waals surface area contributed by atoms with Crippen LogP contribution in [0.3, 0.4) is 0 Å². The lowest BCUT2D eigenvalue weighted by Gasteiger charge is -2.26. The molecule has 0 fully saturated rings. The minimum Gasteiger partial charge on any atom is -0.486 e. The Hall–Kier alpha value is -3.50. The standard InChI is InChI=1S/C26H26BrN5O3S/c1-18(33)28-21-11-13-23(14-12-21)35-16-24-30-31-26(32(24)15-19-5-3-2-4-6-19)36-17-25(34)29-22-9-7-20(27)8-10-22/h2-14,26,31H,15-17H2,1H3,(H,28,33)(H,29,34). The molecule has 10 heteroatoms. The lowest BCUT2D eigenvalue weighted by atomic mass is 10.2. The van der Waals surface area contributed by atoms with E-state index in [0.717, 1.165) is 21.6 Å². The summed E-state index contributed by atoms with van der Waals surface area (Å²) in [5.41, 5.74) is 5.49. The van der Waals surface area contributed by atoms with Crippen molar-refractivity contribution >= 4 is 56.7 Å². The first kappa shape index (κ1) is 25.6. The summed E-state index contributed by atoms with van der Waals surface area (Å²) in [6.07, 6.45) is 0. The van der Waals surface area contributed by atoms with Gasteiger partial charge in [0.25, 0.3) is 0 Å². The normalized spacial score (nSPS) is 14.6. The van der Waals surface area contributed by atoms with Crippen molar-refractivity contribution in [2.45, 2.75) is 19.0 Å². The van der Waals surface area contributed by atoms with Crippen LogP contribution in [0.5, 0.6) is 5.75 Å². The fourth-order valence-corrected chi connectivity index (χ4v) is 4.62. The number of hydrogen-bond donors (Lipinski definition) is 3. The number of benzene rings is 3. The van der Waals surface area contributed by atoms with Gasteiger partial charge in [-0.15, -0.1) is 11.8 Å². The number of halogens is 1. The molecule has 1 unspecified atom stereocenters. The number of hydrazone groups is 1. The van der Waals surface area contributed by atoms with E-state index in [1.165, 1.54) is 18.7 Å². The van der Waals surface area contributed by atoms with Crippen LogP contribution in [0.15, 0.2) is 88.4 Å². The van der Waals surface area contributed by atoms with Crippen molar-refractivity contribution in [1.82, 2.24) is 10.3 Å². The van der Waals surface area contributed by atoms with Crippen LogP contribution in [-0.2, 0) is 16.1 Å². The molecule has 3 N–H and O–H groups in total. The van der Waals surface area contributed by atoms with Crippen molar-refractivity contribution in [3.05, 3.63) is 88.9 Å². The highest BCUT2D eigenvalue weighted by Gasteiger charge is 2.29. The molecule has 0 saturated carbocycles. The van der Waals surface area contributed by atoms with Crippen molar-refractivity contribution in [1.29, 1.82) is 0 Å². The van der Waals surface area contributed by atoms with Crippen LogP contribution in [0.25, 0.3) is 0 Å². The minimum atomic E-state index is -0.221. The number of anilines is 2. The Bertz CT molecular complexity index is 1210. The Morgan fingerprint density at radius 2 is 1.67 bits per heavy atom. The van der Waals surface area contributed by atoms with E-state index in [4.69, 9.17) is 4.74 Å². The zero-order valence-electron chi connectivity index (χ0n) is 19.6. The summed E-state index contributed by atoms with van der Waals surface area (Å²) in [7, 11) is 0. The highest BCUT2D eigenvalue weighted by Crippen LogP contribution is 2.23. The number of hydrogen-bond acceptors (Lipinski definition) is 7. The van der Waals surface area contributed by atoms with Crippen LogP contribution in [0.2, 0.25) is 0 Å². The molecule has 0 aromatic heterocycles. The quantitative estimate of drug-likeness (QED) is 0.324. The Morgan fingerprint density at radius 3 is 2.36 bits per heavy atom. The summed E-state index contributed by atoms with van der Waals surface area (Å²) in [5, 5.41) is 10.1. The van der Waals surface area contributed by atoms with Crippen molar-refractivity contribution in [2.24, 2.45) is 5.10 Å². The monoisotopic (exact) mass is 567 g/mol. The van der Waals surface area contributed by atoms with E-state index >= 15 is 0 Å². The zero-order chi connectivity index (χ0) is 25.3. The number of carbonyl (C=O) groups is 2. The fraction of sp³-hybridized carbons (Fsp3) is 0.192. The summed E-state index contributed by atoms with van der Waals surface area (Å²) in [6, 6.07) is 24.7. The van der Waals surface area contributed by atoms with Crippen LogP contribution in [0.1, 0.15) is 12.5 Å². The number of carbonyl (C=O) groups excluding carboxylic acids is 2. The van der Waals surface area contributed by atoms with E-state index in [0.29, 0.717) is 18.0 Å². The SMILES string of the molecule is CC(=O)Nc1ccc(OCC2=NNC(SCC(=O)Nc3ccc(Br)cc3)N2Cc2ccccc2)cc1. The third kappa shape index (κ3) is 7.50. The maximum absolute atomic E-state index is 12.5. The Morgan fingerprint density at radius 1 is 1.00 bits per heavy atom. The molecule has 1 aliphatic heterocycles. The molecule has 3 aromatic rings. The molecule has 2 amide bonds. The molecule has 3 aromatic carbocycles.